The van der Waals surface area contributed by atoms with Crippen LogP contribution in [-0.2, 0) is 17.6 Å². The lowest BCUT2D eigenvalue weighted by atomic mass is 9.88. The number of para-hydroxylation sites is 1. The van der Waals surface area contributed by atoms with Gasteiger partial charge in [-0.25, -0.2) is 0 Å². The van der Waals surface area contributed by atoms with Crippen LogP contribution in [-0.4, -0.2) is 18.4 Å². The van der Waals surface area contributed by atoms with Gasteiger partial charge in [-0.05, 0) is 49.3 Å². The van der Waals surface area contributed by atoms with E-state index < -0.39 is 5.91 Å². The van der Waals surface area contributed by atoms with E-state index in [1.807, 2.05) is 31.2 Å². The van der Waals surface area contributed by atoms with Crippen molar-refractivity contribution in [2.24, 2.45) is 11.7 Å². The molecule has 1 atom stereocenters. The van der Waals surface area contributed by atoms with Crippen LogP contribution in [0.3, 0.4) is 0 Å². The minimum atomic E-state index is -0.482. The predicted molar refractivity (Wildman–Crippen MR) is 114 cm³/mol. The molecule has 3 rings (SSSR count). The number of thiophene rings is 1. The summed E-state index contributed by atoms with van der Waals surface area (Å²) in [5.74, 6) is 0.547. The number of carbonyl (C=O) groups is 2. The molecule has 6 heteroatoms. The van der Waals surface area contributed by atoms with Crippen molar-refractivity contribution < 1.29 is 14.3 Å². The first-order chi connectivity index (χ1) is 13.5. The third kappa shape index (κ3) is 4.62. The number of hydrogen-bond acceptors (Lipinski definition) is 4. The summed E-state index contributed by atoms with van der Waals surface area (Å²) in [5.41, 5.74) is 7.92. The van der Waals surface area contributed by atoms with Crippen LogP contribution in [0.4, 0.5) is 5.00 Å². The van der Waals surface area contributed by atoms with Gasteiger partial charge in [-0.1, -0.05) is 32.0 Å². The molecule has 5 nitrogen and oxygen atoms in total. The molecule has 1 aliphatic rings. The van der Waals surface area contributed by atoms with Crippen molar-refractivity contribution in [3.05, 3.63) is 51.9 Å². The highest BCUT2D eigenvalue weighted by molar-refractivity contribution is 7.17. The highest BCUT2D eigenvalue weighted by atomic mass is 32.1. The fraction of sp³-hybridized carbons (Fsp3) is 0.364. The van der Waals surface area contributed by atoms with Crippen LogP contribution < -0.4 is 15.8 Å². The molecule has 0 radical (unpaired) electrons. The van der Waals surface area contributed by atoms with Gasteiger partial charge < -0.3 is 15.8 Å². The molecule has 0 saturated carbocycles. The predicted octanol–water partition coefficient (Wildman–Crippen LogP) is 4.41. The Morgan fingerprint density at radius 3 is 2.89 bits per heavy atom. The van der Waals surface area contributed by atoms with E-state index in [1.165, 1.54) is 17.4 Å². The first-order valence-electron chi connectivity index (χ1n) is 9.64. The number of ether oxygens (including phenoxy) is 1. The molecule has 2 aromatic rings. The third-order valence-electron chi connectivity index (χ3n) is 4.79. The normalized spacial score (nSPS) is 16.0. The largest absolute Gasteiger partial charge is 0.493 e. The fourth-order valence-corrected chi connectivity index (χ4v) is 4.80. The number of primary amides is 1. The summed E-state index contributed by atoms with van der Waals surface area (Å²) in [6.45, 7) is 4.87. The van der Waals surface area contributed by atoms with Crippen molar-refractivity contribution in [2.75, 3.05) is 11.9 Å². The molecule has 1 aliphatic carbocycles. The molecule has 1 aromatic heterocycles. The second-order valence-electron chi connectivity index (χ2n) is 7.13. The Hall–Kier alpha value is -2.60. The average Bonchev–Trinajstić information content (AvgIpc) is 3.02. The molecule has 0 aliphatic heterocycles. The zero-order chi connectivity index (χ0) is 20.1. The van der Waals surface area contributed by atoms with Crippen LogP contribution in [0.1, 0.15) is 53.1 Å². The summed E-state index contributed by atoms with van der Waals surface area (Å²) in [5, 5.41) is 3.40. The molecule has 148 valence electrons. The zero-order valence-corrected chi connectivity index (χ0v) is 17.1. The van der Waals surface area contributed by atoms with Crippen molar-refractivity contribution in [1.82, 2.24) is 0 Å². The monoisotopic (exact) mass is 398 g/mol. The number of anilines is 1. The maximum absolute atomic E-state index is 12.5. The molecular weight excluding hydrogens is 372 g/mol. The summed E-state index contributed by atoms with van der Waals surface area (Å²) in [4.78, 5) is 25.6. The molecule has 3 N–H and O–H groups in total. The van der Waals surface area contributed by atoms with Gasteiger partial charge in [-0.15, -0.1) is 11.3 Å². The second-order valence-corrected chi connectivity index (χ2v) is 8.23. The highest BCUT2D eigenvalue weighted by Crippen LogP contribution is 2.39. The molecular formula is C22H26N2O3S. The zero-order valence-electron chi connectivity index (χ0n) is 16.3. The van der Waals surface area contributed by atoms with E-state index in [4.69, 9.17) is 10.5 Å². The molecule has 1 aromatic carbocycles. The van der Waals surface area contributed by atoms with Crippen molar-refractivity contribution in [3.63, 3.8) is 0 Å². The minimum absolute atomic E-state index is 0.292. The summed E-state index contributed by atoms with van der Waals surface area (Å²) in [6.07, 6.45) is 6.88. The van der Waals surface area contributed by atoms with E-state index in [0.29, 0.717) is 23.1 Å². The average molecular weight is 399 g/mol. The van der Waals surface area contributed by atoms with Crippen LogP contribution in [0.15, 0.2) is 30.3 Å². The summed E-state index contributed by atoms with van der Waals surface area (Å²) in [7, 11) is 0. The molecule has 0 spiro atoms. The van der Waals surface area contributed by atoms with E-state index in [2.05, 4.69) is 12.2 Å². The van der Waals surface area contributed by atoms with Gasteiger partial charge in [0, 0.05) is 16.5 Å². The second kappa shape index (κ2) is 9.06. The van der Waals surface area contributed by atoms with Gasteiger partial charge in [0.2, 0.25) is 5.91 Å². The quantitative estimate of drug-likeness (QED) is 0.678. The number of nitrogens with one attached hydrogen (secondary N) is 1. The summed E-state index contributed by atoms with van der Waals surface area (Å²) < 4.78 is 5.71. The molecule has 28 heavy (non-hydrogen) atoms. The summed E-state index contributed by atoms with van der Waals surface area (Å²) in [6, 6.07) is 7.58. The lowest BCUT2D eigenvalue weighted by molar-refractivity contribution is -0.111. The Bertz CT molecular complexity index is 901. The van der Waals surface area contributed by atoms with Gasteiger partial charge in [0.05, 0.1) is 12.2 Å². The van der Waals surface area contributed by atoms with E-state index in [1.54, 1.807) is 6.08 Å². The van der Waals surface area contributed by atoms with Gasteiger partial charge in [-0.3, -0.25) is 9.59 Å². The lowest BCUT2D eigenvalue weighted by Crippen LogP contribution is -2.18. The van der Waals surface area contributed by atoms with Crippen molar-refractivity contribution >= 4 is 34.2 Å². The van der Waals surface area contributed by atoms with Crippen LogP contribution >= 0.6 is 11.3 Å². The Morgan fingerprint density at radius 1 is 1.36 bits per heavy atom. The summed E-state index contributed by atoms with van der Waals surface area (Å²) >= 11 is 1.47. The number of amides is 2. The standard InChI is InChI=1S/C22H26N2O3S/c1-3-12-27-17-7-5-4-6-15(17)9-11-19(25)24-22-20(21(23)26)16-10-8-14(2)13-18(16)28-22/h4-7,9,11,14H,3,8,10,12-13H2,1-2H3,(H2,23,26)(H,24,25). The van der Waals surface area contributed by atoms with Gasteiger partial charge in [0.1, 0.15) is 10.8 Å². The van der Waals surface area contributed by atoms with E-state index in [9.17, 15) is 9.59 Å². The molecule has 0 fully saturated rings. The van der Waals surface area contributed by atoms with Crippen molar-refractivity contribution in [2.45, 2.75) is 39.5 Å². The smallest absolute Gasteiger partial charge is 0.251 e. The lowest BCUT2D eigenvalue weighted by Gasteiger charge is -2.18. The Balaban J connectivity index is 1.77. The molecule has 2 amide bonds. The van der Waals surface area contributed by atoms with Gasteiger partial charge in [0.25, 0.3) is 5.91 Å². The van der Waals surface area contributed by atoms with Crippen LogP contribution in [0, 0.1) is 5.92 Å². The number of hydrogen-bond donors (Lipinski definition) is 2. The Morgan fingerprint density at radius 2 is 2.14 bits per heavy atom. The first-order valence-corrected chi connectivity index (χ1v) is 10.5. The number of carbonyl (C=O) groups excluding carboxylic acids is 2. The number of fused-ring (bicyclic) bond motifs is 1. The van der Waals surface area contributed by atoms with Gasteiger partial charge in [-0.2, -0.15) is 0 Å². The highest BCUT2D eigenvalue weighted by Gasteiger charge is 2.26. The van der Waals surface area contributed by atoms with Crippen molar-refractivity contribution in [1.29, 1.82) is 0 Å². The molecule has 1 heterocycles. The first kappa shape index (κ1) is 20.1. The van der Waals surface area contributed by atoms with Crippen LogP contribution in [0.2, 0.25) is 0 Å². The maximum atomic E-state index is 12.5. The fourth-order valence-electron chi connectivity index (χ4n) is 3.38. The van der Waals surface area contributed by atoms with Crippen LogP contribution in [0.25, 0.3) is 6.08 Å². The third-order valence-corrected chi connectivity index (χ3v) is 5.96. The number of benzene rings is 1. The molecule has 0 bridgehead atoms. The number of rotatable bonds is 7. The van der Waals surface area contributed by atoms with Gasteiger partial charge >= 0.3 is 0 Å². The Labute approximate surface area is 169 Å². The van der Waals surface area contributed by atoms with E-state index in [0.717, 1.165) is 47.4 Å². The Kier molecular flexibility index (Phi) is 6.52. The van der Waals surface area contributed by atoms with Crippen LogP contribution in [0.5, 0.6) is 5.75 Å². The van der Waals surface area contributed by atoms with Crippen molar-refractivity contribution in [3.8, 4) is 5.75 Å². The van der Waals surface area contributed by atoms with E-state index >= 15 is 0 Å². The topological polar surface area (TPSA) is 81.4 Å². The minimum Gasteiger partial charge on any atom is -0.493 e. The maximum Gasteiger partial charge on any atom is 0.251 e. The van der Waals surface area contributed by atoms with E-state index in [-0.39, 0.29) is 5.91 Å². The molecule has 0 saturated heterocycles. The number of nitrogens with two attached hydrogens (primary N) is 1. The SMILES string of the molecule is CCCOc1ccccc1C=CC(=O)Nc1sc2c(c1C(N)=O)CCC(C)C2. The molecule has 1 unspecified atom stereocenters. The van der Waals surface area contributed by atoms with Gasteiger partial charge in [0.15, 0.2) is 0 Å².